The van der Waals surface area contributed by atoms with Gasteiger partial charge in [-0.1, -0.05) is 12.8 Å². The molecule has 0 unspecified atom stereocenters. The van der Waals surface area contributed by atoms with Gasteiger partial charge in [-0.15, -0.1) is 0 Å². The predicted molar refractivity (Wildman–Crippen MR) is 77.6 cm³/mol. The van der Waals surface area contributed by atoms with Crippen LogP contribution in [-0.4, -0.2) is 58.4 Å². The van der Waals surface area contributed by atoms with Crippen LogP contribution in [0.2, 0.25) is 0 Å². The average molecular weight is 276 g/mol. The maximum atomic E-state index is 12.4. The molecule has 0 aromatic carbocycles. The first-order valence-corrected chi connectivity index (χ1v) is 7.75. The average Bonchev–Trinajstić information content (AvgIpc) is 3.10. The summed E-state index contributed by atoms with van der Waals surface area (Å²) in [5.41, 5.74) is 1.44. The smallest absolute Gasteiger partial charge is 0.274 e. The number of rotatable bonds is 3. The quantitative estimate of drug-likeness (QED) is 0.913. The summed E-state index contributed by atoms with van der Waals surface area (Å²) in [6.07, 6.45) is 7.19. The molecule has 1 aliphatic heterocycles. The first-order valence-electron chi connectivity index (χ1n) is 7.75. The van der Waals surface area contributed by atoms with Crippen molar-refractivity contribution in [1.82, 2.24) is 19.8 Å². The molecule has 1 saturated carbocycles. The summed E-state index contributed by atoms with van der Waals surface area (Å²) in [5.74, 6) is 0.968. The van der Waals surface area contributed by atoms with Crippen molar-refractivity contribution < 1.29 is 4.79 Å². The van der Waals surface area contributed by atoms with Gasteiger partial charge in [0.25, 0.3) is 5.91 Å². The van der Waals surface area contributed by atoms with Crippen LogP contribution in [0.1, 0.15) is 41.9 Å². The number of aromatic nitrogens is 2. The van der Waals surface area contributed by atoms with E-state index in [0.717, 1.165) is 37.8 Å². The number of nitrogens with zero attached hydrogens (tertiary/aromatic N) is 3. The van der Waals surface area contributed by atoms with Gasteiger partial charge < -0.3 is 9.88 Å². The van der Waals surface area contributed by atoms with Gasteiger partial charge in [-0.05, 0) is 25.7 Å². The van der Waals surface area contributed by atoms with Crippen molar-refractivity contribution in [1.29, 1.82) is 0 Å². The SMILES string of the molecule is Cc1[nH]cnc1C(=O)N1CCN(CC2CCCC2)CC1. The largest absolute Gasteiger partial charge is 0.348 e. The van der Waals surface area contributed by atoms with E-state index in [9.17, 15) is 4.79 Å². The summed E-state index contributed by atoms with van der Waals surface area (Å²) in [6.45, 7) is 6.80. The number of imidazole rings is 1. The topological polar surface area (TPSA) is 52.2 Å². The molecule has 5 nitrogen and oxygen atoms in total. The summed E-state index contributed by atoms with van der Waals surface area (Å²) < 4.78 is 0. The second-order valence-corrected chi connectivity index (χ2v) is 6.12. The minimum absolute atomic E-state index is 0.0734. The van der Waals surface area contributed by atoms with Gasteiger partial charge in [0.2, 0.25) is 0 Å². The summed E-state index contributed by atoms with van der Waals surface area (Å²) in [5, 5.41) is 0. The zero-order valence-corrected chi connectivity index (χ0v) is 12.3. The lowest BCUT2D eigenvalue weighted by molar-refractivity contribution is 0.0612. The molecule has 1 aromatic heterocycles. The van der Waals surface area contributed by atoms with Gasteiger partial charge >= 0.3 is 0 Å². The number of piperazine rings is 1. The van der Waals surface area contributed by atoms with Gasteiger partial charge in [0.05, 0.1) is 6.33 Å². The van der Waals surface area contributed by atoms with Crippen molar-refractivity contribution >= 4 is 5.91 Å². The Morgan fingerprint density at radius 2 is 2.00 bits per heavy atom. The summed E-state index contributed by atoms with van der Waals surface area (Å²) in [4.78, 5) is 23.9. The van der Waals surface area contributed by atoms with Crippen LogP contribution < -0.4 is 0 Å². The third-order valence-electron chi connectivity index (χ3n) is 4.68. The van der Waals surface area contributed by atoms with E-state index in [1.165, 1.54) is 32.2 Å². The van der Waals surface area contributed by atoms with Gasteiger partial charge in [0, 0.05) is 38.4 Å². The number of carbonyl (C=O) groups excluding carboxylic acids is 1. The fourth-order valence-corrected chi connectivity index (χ4v) is 3.42. The monoisotopic (exact) mass is 276 g/mol. The van der Waals surface area contributed by atoms with E-state index in [4.69, 9.17) is 0 Å². The van der Waals surface area contributed by atoms with Gasteiger partial charge in [-0.3, -0.25) is 9.69 Å². The van der Waals surface area contributed by atoms with Crippen molar-refractivity contribution in [2.24, 2.45) is 5.92 Å². The van der Waals surface area contributed by atoms with Crippen molar-refractivity contribution in [3.8, 4) is 0 Å². The molecular formula is C15H24N4O. The van der Waals surface area contributed by atoms with Gasteiger partial charge in [0.15, 0.2) is 0 Å². The summed E-state index contributed by atoms with van der Waals surface area (Å²) in [7, 11) is 0. The Morgan fingerprint density at radius 1 is 1.30 bits per heavy atom. The van der Waals surface area contributed by atoms with E-state index >= 15 is 0 Å². The fourth-order valence-electron chi connectivity index (χ4n) is 3.42. The highest BCUT2D eigenvalue weighted by atomic mass is 16.2. The number of aromatic amines is 1. The highest BCUT2D eigenvalue weighted by molar-refractivity contribution is 5.93. The molecule has 1 saturated heterocycles. The molecule has 2 heterocycles. The van der Waals surface area contributed by atoms with Crippen LogP contribution in [-0.2, 0) is 0 Å². The second-order valence-electron chi connectivity index (χ2n) is 6.12. The third-order valence-corrected chi connectivity index (χ3v) is 4.68. The number of nitrogens with one attached hydrogen (secondary N) is 1. The molecule has 2 aliphatic rings. The minimum Gasteiger partial charge on any atom is -0.348 e. The zero-order valence-electron chi connectivity index (χ0n) is 12.3. The van der Waals surface area contributed by atoms with E-state index in [1.54, 1.807) is 6.33 Å². The van der Waals surface area contributed by atoms with E-state index in [0.29, 0.717) is 5.69 Å². The number of carbonyl (C=O) groups is 1. The molecule has 3 rings (SSSR count). The molecule has 20 heavy (non-hydrogen) atoms. The van der Waals surface area contributed by atoms with Crippen molar-refractivity contribution in [2.75, 3.05) is 32.7 Å². The van der Waals surface area contributed by atoms with Crippen LogP contribution in [0.15, 0.2) is 6.33 Å². The fraction of sp³-hybridized carbons (Fsp3) is 0.733. The van der Waals surface area contributed by atoms with E-state index in [1.807, 2.05) is 11.8 Å². The highest BCUT2D eigenvalue weighted by Gasteiger charge is 2.26. The van der Waals surface area contributed by atoms with Crippen molar-refractivity contribution in [2.45, 2.75) is 32.6 Å². The Balaban J connectivity index is 1.50. The lowest BCUT2D eigenvalue weighted by Crippen LogP contribution is -2.49. The first-order chi connectivity index (χ1) is 9.74. The lowest BCUT2D eigenvalue weighted by Gasteiger charge is -2.35. The normalized spacial score (nSPS) is 21.6. The molecule has 1 aromatic rings. The Hall–Kier alpha value is -1.36. The molecule has 0 radical (unpaired) electrons. The lowest BCUT2D eigenvalue weighted by atomic mass is 10.1. The van der Waals surface area contributed by atoms with E-state index in [-0.39, 0.29) is 5.91 Å². The van der Waals surface area contributed by atoms with E-state index < -0.39 is 0 Å². The highest BCUT2D eigenvalue weighted by Crippen LogP contribution is 2.25. The Morgan fingerprint density at radius 3 is 2.60 bits per heavy atom. The maximum absolute atomic E-state index is 12.4. The molecule has 110 valence electrons. The summed E-state index contributed by atoms with van der Waals surface area (Å²) >= 11 is 0. The Kier molecular flexibility index (Phi) is 4.05. The standard InChI is InChI=1S/C15H24N4O/c1-12-14(17-11-16-12)15(20)19-8-6-18(7-9-19)10-13-4-2-3-5-13/h11,13H,2-10H2,1H3,(H,16,17). The third kappa shape index (κ3) is 2.87. The van der Waals surface area contributed by atoms with Gasteiger partial charge in [0.1, 0.15) is 5.69 Å². The molecular weight excluding hydrogens is 252 g/mol. The predicted octanol–water partition coefficient (Wildman–Crippen LogP) is 1.67. The number of hydrogen-bond donors (Lipinski definition) is 1. The van der Waals surface area contributed by atoms with Crippen LogP contribution in [0.3, 0.4) is 0 Å². The van der Waals surface area contributed by atoms with Crippen LogP contribution in [0.25, 0.3) is 0 Å². The molecule has 5 heteroatoms. The van der Waals surface area contributed by atoms with Crippen LogP contribution in [0.5, 0.6) is 0 Å². The van der Waals surface area contributed by atoms with Crippen LogP contribution in [0, 0.1) is 12.8 Å². The maximum Gasteiger partial charge on any atom is 0.274 e. The second kappa shape index (κ2) is 5.95. The number of amides is 1. The first kappa shape index (κ1) is 13.6. The molecule has 1 N–H and O–H groups in total. The molecule has 0 atom stereocenters. The molecule has 1 amide bonds. The molecule has 0 spiro atoms. The van der Waals surface area contributed by atoms with Crippen LogP contribution >= 0.6 is 0 Å². The number of H-pyrrole nitrogens is 1. The zero-order chi connectivity index (χ0) is 13.9. The van der Waals surface area contributed by atoms with Crippen molar-refractivity contribution in [3.63, 3.8) is 0 Å². The molecule has 0 bridgehead atoms. The molecule has 1 aliphatic carbocycles. The van der Waals surface area contributed by atoms with Gasteiger partial charge in [-0.2, -0.15) is 0 Å². The summed E-state index contributed by atoms with van der Waals surface area (Å²) in [6, 6.07) is 0. The van der Waals surface area contributed by atoms with Crippen LogP contribution in [0.4, 0.5) is 0 Å². The number of aryl methyl sites for hydroxylation is 1. The Labute approximate surface area is 120 Å². The molecule has 2 fully saturated rings. The Bertz CT molecular complexity index is 456. The van der Waals surface area contributed by atoms with E-state index in [2.05, 4.69) is 14.9 Å². The number of hydrogen-bond acceptors (Lipinski definition) is 3. The van der Waals surface area contributed by atoms with Gasteiger partial charge in [-0.25, -0.2) is 4.98 Å². The minimum atomic E-state index is 0.0734. The van der Waals surface area contributed by atoms with Crippen molar-refractivity contribution in [3.05, 3.63) is 17.7 Å².